The van der Waals surface area contributed by atoms with E-state index in [1.54, 1.807) is 29.2 Å². The summed E-state index contributed by atoms with van der Waals surface area (Å²) in [5.41, 5.74) is 1.20. The Bertz CT molecular complexity index is 929. The van der Waals surface area contributed by atoms with Crippen molar-refractivity contribution in [2.45, 2.75) is 6.04 Å². The van der Waals surface area contributed by atoms with Crippen LogP contribution < -0.4 is 19.7 Å². The summed E-state index contributed by atoms with van der Waals surface area (Å²) in [5, 5.41) is 12.3. The molecule has 2 aromatic rings. The number of carbonyl (C=O) groups is 2. The predicted molar refractivity (Wildman–Crippen MR) is 106 cm³/mol. The normalized spacial score (nSPS) is 16.3. The van der Waals surface area contributed by atoms with Crippen LogP contribution in [0, 0.1) is 5.82 Å². The number of anilines is 1. The minimum atomic E-state index is -1.04. The Kier molecular flexibility index (Phi) is 5.71. The molecule has 1 unspecified atom stereocenters. The van der Waals surface area contributed by atoms with Crippen molar-refractivity contribution in [2.75, 3.05) is 44.5 Å². The number of nitrogens with zero attached hydrogens (tertiary/aromatic N) is 2. The van der Waals surface area contributed by atoms with Crippen LogP contribution >= 0.6 is 0 Å². The molecule has 4 rings (SSSR count). The minimum Gasteiger partial charge on any atom is -0.454 e. The number of nitrogens with one attached hydrogen (secondary N) is 1. The number of ether oxygens (including phenoxy) is 2. The SMILES string of the molecule is O=C(NC(CO)C(=O)N1CCN(c2ccc(F)cc2)CC1)c1ccc2c(c1)OCO2. The van der Waals surface area contributed by atoms with Gasteiger partial charge in [0.15, 0.2) is 11.5 Å². The monoisotopic (exact) mass is 415 g/mol. The number of fused-ring (bicyclic) bond motifs is 1. The number of rotatable bonds is 5. The largest absolute Gasteiger partial charge is 0.454 e. The molecule has 0 saturated carbocycles. The van der Waals surface area contributed by atoms with Crippen LogP contribution in [0.1, 0.15) is 10.4 Å². The van der Waals surface area contributed by atoms with Gasteiger partial charge in [0.1, 0.15) is 11.9 Å². The van der Waals surface area contributed by atoms with Crippen LogP contribution in [-0.2, 0) is 4.79 Å². The van der Waals surface area contributed by atoms with Crippen LogP contribution in [0.5, 0.6) is 11.5 Å². The molecule has 0 bridgehead atoms. The Morgan fingerprint density at radius 2 is 1.73 bits per heavy atom. The Labute approximate surface area is 172 Å². The molecule has 8 nitrogen and oxygen atoms in total. The quantitative estimate of drug-likeness (QED) is 0.757. The summed E-state index contributed by atoms with van der Waals surface area (Å²) < 4.78 is 23.6. The van der Waals surface area contributed by atoms with Gasteiger partial charge in [-0.05, 0) is 42.5 Å². The summed E-state index contributed by atoms with van der Waals surface area (Å²) in [6.45, 7) is 1.62. The topological polar surface area (TPSA) is 91.3 Å². The Balaban J connectivity index is 1.35. The standard InChI is InChI=1S/C21H22FN3O5/c22-15-2-4-16(5-3-15)24-7-9-25(10-8-24)21(28)17(12-26)23-20(27)14-1-6-18-19(11-14)30-13-29-18/h1-6,11,17,26H,7-10,12-13H2,(H,23,27). The van der Waals surface area contributed by atoms with Gasteiger partial charge in [0, 0.05) is 37.4 Å². The fourth-order valence-corrected chi connectivity index (χ4v) is 3.52. The zero-order valence-electron chi connectivity index (χ0n) is 16.2. The molecule has 0 radical (unpaired) electrons. The van der Waals surface area contributed by atoms with E-state index < -0.39 is 18.6 Å². The van der Waals surface area contributed by atoms with Gasteiger partial charge in [0.05, 0.1) is 6.61 Å². The molecule has 2 heterocycles. The van der Waals surface area contributed by atoms with Crippen molar-refractivity contribution in [3.8, 4) is 11.5 Å². The van der Waals surface area contributed by atoms with Crippen LogP contribution in [-0.4, -0.2) is 67.4 Å². The Morgan fingerprint density at radius 1 is 1.03 bits per heavy atom. The number of piperazine rings is 1. The first-order chi connectivity index (χ1) is 14.5. The molecule has 9 heteroatoms. The van der Waals surface area contributed by atoms with Crippen molar-refractivity contribution in [1.29, 1.82) is 0 Å². The molecule has 158 valence electrons. The van der Waals surface area contributed by atoms with Gasteiger partial charge in [-0.2, -0.15) is 0 Å². The van der Waals surface area contributed by atoms with Crippen LogP contribution in [0.15, 0.2) is 42.5 Å². The van der Waals surface area contributed by atoms with E-state index in [0.717, 1.165) is 5.69 Å². The van der Waals surface area contributed by atoms with Crippen LogP contribution in [0.4, 0.5) is 10.1 Å². The van der Waals surface area contributed by atoms with Gasteiger partial charge in [-0.3, -0.25) is 9.59 Å². The van der Waals surface area contributed by atoms with Crippen molar-refractivity contribution < 1.29 is 28.6 Å². The molecule has 2 N–H and O–H groups in total. The molecule has 30 heavy (non-hydrogen) atoms. The number of amides is 2. The molecule has 2 aliphatic heterocycles. The van der Waals surface area contributed by atoms with E-state index in [1.165, 1.54) is 18.2 Å². The number of aliphatic hydroxyl groups is 1. The maximum Gasteiger partial charge on any atom is 0.252 e. The highest BCUT2D eigenvalue weighted by Gasteiger charge is 2.29. The maximum atomic E-state index is 13.1. The molecule has 2 aliphatic rings. The van der Waals surface area contributed by atoms with Gasteiger partial charge in [-0.15, -0.1) is 0 Å². The first-order valence-electron chi connectivity index (χ1n) is 9.66. The fraction of sp³-hybridized carbons (Fsp3) is 0.333. The van der Waals surface area contributed by atoms with Gasteiger partial charge < -0.3 is 29.7 Å². The van der Waals surface area contributed by atoms with Gasteiger partial charge in [0.25, 0.3) is 5.91 Å². The second-order valence-electron chi connectivity index (χ2n) is 7.07. The number of aliphatic hydroxyl groups excluding tert-OH is 1. The summed E-state index contributed by atoms with van der Waals surface area (Å²) >= 11 is 0. The van der Waals surface area contributed by atoms with Crippen LogP contribution in [0.25, 0.3) is 0 Å². The van der Waals surface area contributed by atoms with Crippen molar-refractivity contribution in [3.05, 3.63) is 53.8 Å². The van der Waals surface area contributed by atoms with E-state index in [2.05, 4.69) is 10.2 Å². The summed E-state index contributed by atoms with van der Waals surface area (Å²) in [6.07, 6.45) is 0. The van der Waals surface area contributed by atoms with Crippen molar-refractivity contribution in [3.63, 3.8) is 0 Å². The Morgan fingerprint density at radius 3 is 2.43 bits per heavy atom. The van der Waals surface area contributed by atoms with Gasteiger partial charge in [-0.1, -0.05) is 0 Å². The highest BCUT2D eigenvalue weighted by atomic mass is 19.1. The number of hydrogen-bond donors (Lipinski definition) is 2. The zero-order valence-corrected chi connectivity index (χ0v) is 16.2. The predicted octanol–water partition coefficient (Wildman–Crippen LogP) is 0.994. The molecular formula is C21H22FN3O5. The molecule has 0 aromatic heterocycles. The number of halogens is 1. The lowest BCUT2D eigenvalue weighted by Crippen LogP contribution is -2.56. The van der Waals surface area contributed by atoms with Crippen molar-refractivity contribution in [2.24, 2.45) is 0 Å². The molecule has 1 saturated heterocycles. The molecule has 2 aromatic carbocycles. The molecule has 1 fully saturated rings. The van der Waals surface area contributed by atoms with Gasteiger partial charge >= 0.3 is 0 Å². The third kappa shape index (κ3) is 4.16. The fourth-order valence-electron chi connectivity index (χ4n) is 3.52. The highest BCUT2D eigenvalue weighted by molar-refractivity contribution is 5.98. The van der Waals surface area contributed by atoms with Crippen LogP contribution in [0.2, 0.25) is 0 Å². The smallest absolute Gasteiger partial charge is 0.252 e. The van der Waals surface area contributed by atoms with E-state index in [-0.39, 0.29) is 18.5 Å². The van der Waals surface area contributed by atoms with E-state index in [4.69, 9.17) is 9.47 Å². The van der Waals surface area contributed by atoms with E-state index in [9.17, 15) is 19.1 Å². The van der Waals surface area contributed by atoms with E-state index >= 15 is 0 Å². The first kappa shape index (κ1) is 20.0. The lowest BCUT2D eigenvalue weighted by atomic mass is 10.1. The minimum absolute atomic E-state index is 0.0993. The average molecular weight is 415 g/mol. The molecular weight excluding hydrogens is 393 g/mol. The summed E-state index contributed by atoms with van der Waals surface area (Å²) in [6, 6.07) is 9.91. The molecule has 0 aliphatic carbocycles. The molecule has 2 amide bonds. The van der Waals surface area contributed by atoms with Crippen molar-refractivity contribution >= 4 is 17.5 Å². The molecule has 0 spiro atoms. The first-order valence-corrected chi connectivity index (χ1v) is 9.66. The summed E-state index contributed by atoms with van der Waals surface area (Å²) in [5.74, 6) is -0.0978. The molecule has 1 atom stereocenters. The number of carbonyl (C=O) groups excluding carboxylic acids is 2. The summed E-state index contributed by atoms with van der Waals surface area (Å²) in [7, 11) is 0. The average Bonchev–Trinajstić information content (AvgIpc) is 3.25. The summed E-state index contributed by atoms with van der Waals surface area (Å²) in [4.78, 5) is 29.0. The van der Waals surface area contributed by atoms with E-state index in [0.29, 0.717) is 43.2 Å². The third-order valence-electron chi connectivity index (χ3n) is 5.20. The van der Waals surface area contributed by atoms with Crippen molar-refractivity contribution in [1.82, 2.24) is 10.2 Å². The van der Waals surface area contributed by atoms with Gasteiger partial charge in [-0.25, -0.2) is 4.39 Å². The lowest BCUT2D eigenvalue weighted by molar-refractivity contribution is -0.134. The third-order valence-corrected chi connectivity index (χ3v) is 5.20. The van der Waals surface area contributed by atoms with E-state index in [1.807, 2.05) is 0 Å². The number of hydrogen-bond acceptors (Lipinski definition) is 6. The Hall–Kier alpha value is -3.33. The zero-order chi connectivity index (χ0) is 21.1. The number of benzene rings is 2. The highest BCUT2D eigenvalue weighted by Crippen LogP contribution is 2.32. The second kappa shape index (κ2) is 8.58. The lowest BCUT2D eigenvalue weighted by Gasteiger charge is -2.37. The van der Waals surface area contributed by atoms with Gasteiger partial charge in [0.2, 0.25) is 12.7 Å². The second-order valence-corrected chi connectivity index (χ2v) is 7.07. The maximum absolute atomic E-state index is 13.1. The van der Waals surface area contributed by atoms with Crippen LogP contribution in [0.3, 0.4) is 0 Å².